The monoisotopic (exact) mass is 285 g/mol. The van der Waals surface area contributed by atoms with Crippen molar-refractivity contribution < 1.29 is 9.47 Å². The molecule has 0 aliphatic heterocycles. The molecule has 0 aliphatic carbocycles. The van der Waals surface area contributed by atoms with Gasteiger partial charge in [0.05, 0.1) is 17.2 Å². The molecule has 1 aromatic carbocycles. The highest BCUT2D eigenvalue weighted by atomic mass is 35.5. The molecule has 108 valence electrons. The van der Waals surface area contributed by atoms with Crippen LogP contribution in [-0.2, 0) is 11.3 Å². The van der Waals surface area contributed by atoms with Crippen LogP contribution in [-0.4, -0.2) is 25.9 Å². The second-order valence-corrected chi connectivity index (χ2v) is 5.48. The Morgan fingerprint density at radius 1 is 1.32 bits per heavy atom. The average molecular weight is 286 g/mol. The van der Waals surface area contributed by atoms with Crippen LogP contribution in [0.2, 0.25) is 5.02 Å². The first-order valence-electron chi connectivity index (χ1n) is 6.66. The zero-order valence-corrected chi connectivity index (χ0v) is 13.0. The maximum atomic E-state index is 6.21. The summed E-state index contributed by atoms with van der Waals surface area (Å²) in [6.07, 6.45) is 0.815. The fraction of sp³-hybridized carbons (Fsp3) is 0.600. The molecule has 19 heavy (non-hydrogen) atoms. The van der Waals surface area contributed by atoms with E-state index in [-0.39, 0.29) is 5.60 Å². The topological polar surface area (TPSA) is 30.5 Å². The van der Waals surface area contributed by atoms with E-state index in [2.05, 4.69) is 12.2 Å². The van der Waals surface area contributed by atoms with Crippen LogP contribution in [0.3, 0.4) is 0 Å². The fourth-order valence-electron chi connectivity index (χ4n) is 1.61. The Morgan fingerprint density at radius 3 is 2.68 bits per heavy atom. The Labute approximate surface area is 121 Å². The van der Waals surface area contributed by atoms with E-state index in [0.717, 1.165) is 30.8 Å². The molecule has 0 unspecified atom stereocenters. The highest BCUT2D eigenvalue weighted by molar-refractivity contribution is 6.32. The number of halogens is 1. The van der Waals surface area contributed by atoms with Crippen LogP contribution in [0.15, 0.2) is 18.2 Å². The van der Waals surface area contributed by atoms with Gasteiger partial charge in [-0.1, -0.05) is 30.7 Å². The van der Waals surface area contributed by atoms with Crippen molar-refractivity contribution in [1.82, 2.24) is 5.32 Å². The van der Waals surface area contributed by atoms with Crippen molar-refractivity contribution in [3.05, 3.63) is 28.8 Å². The van der Waals surface area contributed by atoms with Crippen molar-refractivity contribution in [2.24, 2.45) is 0 Å². The first kappa shape index (κ1) is 16.3. The van der Waals surface area contributed by atoms with Crippen LogP contribution in [0.25, 0.3) is 0 Å². The summed E-state index contributed by atoms with van der Waals surface area (Å²) in [5.74, 6) is 0.775. The molecule has 0 aromatic heterocycles. The van der Waals surface area contributed by atoms with Gasteiger partial charge in [0.25, 0.3) is 0 Å². The molecule has 0 amide bonds. The highest BCUT2D eigenvalue weighted by Gasteiger charge is 2.17. The minimum absolute atomic E-state index is 0.177. The van der Waals surface area contributed by atoms with Crippen molar-refractivity contribution in [2.75, 3.05) is 20.3 Å². The zero-order valence-electron chi connectivity index (χ0n) is 12.3. The normalized spacial score (nSPS) is 11.6. The number of ether oxygens (including phenoxy) is 2. The molecule has 0 bridgehead atoms. The zero-order chi connectivity index (χ0) is 14.3. The summed E-state index contributed by atoms with van der Waals surface area (Å²) < 4.78 is 11.2. The summed E-state index contributed by atoms with van der Waals surface area (Å²) >= 11 is 6.21. The predicted molar refractivity (Wildman–Crippen MR) is 80.0 cm³/mol. The number of methoxy groups -OCH3 is 1. The Balaban J connectivity index is 2.65. The Morgan fingerprint density at radius 2 is 2.05 bits per heavy atom. The van der Waals surface area contributed by atoms with Crippen LogP contribution >= 0.6 is 11.6 Å². The molecular formula is C15H24ClNO2. The largest absolute Gasteiger partial charge is 0.492 e. The molecule has 0 heterocycles. The van der Waals surface area contributed by atoms with Crippen molar-refractivity contribution in [3.8, 4) is 5.75 Å². The van der Waals surface area contributed by atoms with E-state index in [1.54, 1.807) is 7.11 Å². The second-order valence-electron chi connectivity index (χ2n) is 5.07. The number of hydrogen-bond acceptors (Lipinski definition) is 3. The third kappa shape index (κ3) is 5.39. The minimum Gasteiger partial charge on any atom is -0.492 e. The maximum absolute atomic E-state index is 6.21. The van der Waals surface area contributed by atoms with Crippen molar-refractivity contribution >= 4 is 11.6 Å². The van der Waals surface area contributed by atoms with E-state index >= 15 is 0 Å². The molecule has 1 N–H and O–H groups in total. The molecule has 3 nitrogen and oxygen atoms in total. The lowest BCUT2D eigenvalue weighted by molar-refractivity contribution is 0.00538. The molecule has 0 fully saturated rings. The van der Waals surface area contributed by atoms with E-state index in [0.29, 0.717) is 11.6 Å². The minimum atomic E-state index is -0.177. The van der Waals surface area contributed by atoms with E-state index in [4.69, 9.17) is 21.1 Å². The van der Waals surface area contributed by atoms with Crippen LogP contribution in [0.1, 0.15) is 32.8 Å². The lowest BCUT2D eigenvalue weighted by atomic mass is 10.1. The maximum Gasteiger partial charge on any atom is 0.142 e. The number of benzene rings is 1. The Kier molecular flexibility index (Phi) is 6.63. The van der Waals surface area contributed by atoms with Gasteiger partial charge in [0, 0.05) is 25.6 Å². The summed E-state index contributed by atoms with van der Waals surface area (Å²) in [5, 5.41) is 3.94. The molecule has 0 saturated heterocycles. The summed E-state index contributed by atoms with van der Waals surface area (Å²) in [7, 11) is 1.71. The van der Waals surface area contributed by atoms with Crippen LogP contribution < -0.4 is 10.1 Å². The number of nitrogens with one attached hydrogen (secondary N) is 1. The number of rotatable bonds is 8. The molecular weight excluding hydrogens is 262 g/mol. The van der Waals surface area contributed by atoms with Gasteiger partial charge in [-0.2, -0.15) is 0 Å². The molecule has 0 saturated carbocycles. The molecule has 0 spiro atoms. The van der Waals surface area contributed by atoms with Gasteiger partial charge in [-0.25, -0.2) is 0 Å². The standard InChI is InChI=1S/C15H24ClNO2/c1-5-17-11-12-7-6-8-13(16)14(12)19-10-9-15(2,3)18-4/h6-8,17H,5,9-11H2,1-4H3. The van der Waals surface area contributed by atoms with Gasteiger partial charge in [-0.15, -0.1) is 0 Å². The molecule has 0 radical (unpaired) electrons. The molecule has 4 heteroatoms. The first-order valence-corrected chi connectivity index (χ1v) is 7.04. The molecule has 0 aliphatic rings. The van der Waals surface area contributed by atoms with Crippen molar-refractivity contribution in [3.63, 3.8) is 0 Å². The Bertz CT molecular complexity index is 394. The van der Waals surface area contributed by atoms with Gasteiger partial charge >= 0.3 is 0 Å². The van der Waals surface area contributed by atoms with Crippen LogP contribution in [0.5, 0.6) is 5.75 Å². The van der Waals surface area contributed by atoms with Crippen LogP contribution in [0, 0.1) is 0 Å². The van der Waals surface area contributed by atoms with Gasteiger partial charge in [-0.05, 0) is 26.5 Å². The summed E-state index contributed by atoms with van der Waals surface area (Å²) in [6, 6.07) is 5.83. The predicted octanol–water partition coefficient (Wildman–Crippen LogP) is 3.64. The summed E-state index contributed by atoms with van der Waals surface area (Å²) in [4.78, 5) is 0. The lowest BCUT2D eigenvalue weighted by Crippen LogP contribution is -2.25. The van der Waals surface area contributed by atoms with Gasteiger partial charge in [-0.3, -0.25) is 0 Å². The Hall–Kier alpha value is -0.770. The van der Waals surface area contributed by atoms with E-state index in [1.165, 1.54) is 0 Å². The molecule has 1 aromatic rings. The molecule has 1 rings (SSSR count). The highest BCUT2D eigenvalue weighted by Crippen LogP contribution is 2.29. The molecule has 0 atom stereocenters. The SMILES string of the molecule is CCNCc1cccc(Cl)c1OCCC(C)(C)OC. The van der Waals surface area contributed by atoms with E-state index < -0.39 is 0 Å². The van der Waals surface area contributed by atoms with Crippen molar-refractivity contribution in [1.29, 1.82) is 0 Å². The van der Waals surface area contributed by atoms with Gasteiger partial charge < -0.3 is 14.8 Å². The van der Waals surface area contributed by atoms with Crippen LogP contribution in [0.4, 0.5) is 0 Å². The number of para-hydroxylation sites is 1. The quantitative estimate of drug-likeness (QED) is 0.791. The average Bonchev–Trinajstić information content (AvgIpc) is 2.38. The summed E-state index contributed by atoms with van der Waals surface area (Å²) in [5.41, 5.74) is 0.910. The second kappa shape index (κ2) is 7.73. The summed E-state index contributed by atoms with van der Waals surface area (Å²) in [6.45, 7) is 8.43. The van der Waals surface area contributed by atoms with Gasteiger partial charge in [0.1, 0.15) is 5.75 Å². The van der Waals surface area contributed by atoms with Gasteiger partial charge in [0.2, 0.25) is 0 Å². The number of hydrogen-bond donors (Lipinski definition) is 1. The van der Waals surface area contributed by atoms with Gasteiger partial charge in [0.15, 0.2) is 0 Å². The third-order valence-corrected chi connectivity index (χ3v) is 3.41. The van der Waals surface area contributed by atoms with E-state index in [1.807, 2.05) is 32.0 Å². The lowest BCUT2D eigenvalue weighted by Gasteiger charge is -2.23. The fourth-order valence-corrected chi connectivity index (χ4v) is 1.86. The smallest absolute Gasteiger partial charge is 0.142 e. The first-order chi connectivity index (χ1) is 9.00. The third-order valence-electron chi connectivity index (χ3n) is 3.12. The van der Waals surface area contributed by atoms with Crippen molar-refractivity contribution in [2.45, 2.75) is 39.3 Å². The van der Waals surface area contributed by atoms with E-state index in [9.17, 15) is 0 Å².